The molecule has 8 nitrogen and oxygen atoms in total. The largest absolute Gasteiger partial charge is 0.431 e. The summed E-state index contributed by atoms with van der Waals surface area (Å²) in [5, 5.41) is 9.09. The monoisotopic (exact) mass is 434 g/mol. The summed E-state index contributed by atoms with van der Waals surface area (Å²) < 4.78 is 29.9. The number of halogens is 2. The molecule has 3 N–H and O–H groups in total. The van der Waals surface area contributed by atoms with Crippen molar-refractivity contribution < 1.29 is 18.6 Å². The molecule has 1 saturated heterocycles. The van der Waals surface area contributed by atoms with Gasteiger partial charge in [0.1, 0.15) is 11.6 Å². The van der Waals surface area contributed by atoms with Gasteiger partial charge in [-0.1, -0.05) is 0 Å². The SMILES string of the molecule is CC1CN(CCCO)CCN1c1cc(-c2cnc(N)c(OC(F)F)c2)nc(C2CC2)n1. The van der Waals surface area contributed by atoms with E-state index in [1.165, 1.54) is 12.3 Å². The van der Waals surface area contributed by atoms with Crippen LogP contribution in [0.3, 0.4) is 0 Å². The van der Waals surface area contributed by atoms with Gasteiger partial charge in [-0.3, -0.25) is 4.90 Å². The van der Waals surface area contributed by atoms with Crippen LogP contribution in [0.25, 0.3) is 11.3 Å². The van der Waals surface area contributed by atoms with E-state index in [0.717, 1.165) is 57.1 Å². The van der Waals surface area contributed by atoms with E-state index in [4.69, 9.17) is 20.8 Å². The molecule has 1 aliphatic carbocycles. The summed E-state index contributed by atoms with van der Waals surface area (Å²) in [5.41, 5.74) is 6.86. The minimum atomic E-state index is -2.98. The Morgan fingerprint density at radius 2 is 2.06 bits per heavy atom. The van der Waals surface area contributed by atoms with Crippen LogP contribution in [0.15, 0.2) is 18.3 Å². The molecule has 168 valence electrons. The van der Waals surface area contributed by atoms with Crippen molar-refractivity contribution in [3.05, 3.63) is 24.2 Å². The van der Waals surface area contributed by atoms with Crippen LogP contribution in [-0.4, -0.2) is 70.4 Å². The van der Waals surface area contributed by atoms with Crippen LogP contribution in [-0.2, 0) is 0 Å². The summed E-state index contributed by atoms with van der Waals surface area (Å²) in [6, 6.07) is 3.57. The zero-order chi connectivity index (χ0) is 22.0. The van der Waals surface area contributed by atoms with E-state index < -0.39 is 6.61 Å². The van der Waals surface area contributed by atoms with Gasteiger partial charge in [0.05, 0.1) is 5.69 Å². The highest BCUT2D eigenvalue weighted by atomic mass is 19.3. The lowest BCUT2D eigenvalue weighted by Gasteiger charge is -2.40. The van der Waals surface area contributed by atoms with Crippen molar-refractivity contribution in [1.29, 1.82) is 0 Å². The molecule has 0 bridgehead atoms. The van der Waals surface area contributed by atoms with Gasteiger partial charge >= 0.3 is 6.61 Å². The van der Waals surface area contributed by atoms with Gasteiger partial charge in [-0.25, -0.2) is 15.0 Å². The number of anilines is 2. The van der Waals surface area contributed by atoms with Gasteiger partial charge in [0, 0.05) is 62.6 Å². The van der Waals surface area contributed by atoms with Crippen LogP contribution in [0.1, 0.15) is 37.9 Å². The first-order chi connectivity index (χ1) is 14.9. The fraction of sp³-hybridized carbons (Fsp3) is 0.571. The molecule has 1 saturated carbocycles. The Balaban J connectivity index is 1.62. The Morgan fingerprint density at radius 1 is 1.26 bits per heavy atom. The van der Waals surface area contributed by atoms with Crippen molar-refractivity contribution in [2.45, 2.75) is 44.8 Å². The molecule has 0 aromatic carbocycles. The summed E-state index contributed by atoms with van der Waals surface area (Å²) in [5.74, 6) is 1.68. The summed E-state index contributed by atoms with van der Waals surface area (Å²) in [4.78, 5) is 18.1. The average Bonchev–Trinajstić information content (AvgIpc) is 3.59. The van der Waals surface area contributed by atoms with Gasteiger partial charge in [0.2, 0.25) is 0 Å². The van der Waals surface area contributed by atoms with Crippen molar-refractivity contribution in [2.24, 2.45) is 0 Å². The number of pyridine rings is 1. The first-order valence-electron chi connectivity index (χ1n) is 10.6. The van der Waals surface area contributed by atoms with E-state index in [2.05, 4.69) is 26.4 Å². The highest BCUT2D eigenvalue weighted by Crippen LogP contribution is 2.40. The second-order valence-corrected chi connectivity index (χ2v) is 8.15. The summed E-state index contributed by atoms with van der Waals surface area (Å²) >= 11 is 0. The van der Waals surface area contributed by atoms with Crippen LogP contribution in [0.4, 0.5) is 20.4 Å². The van der Waals surface area contributed by atoms with Crippen LogP contribution < -0.4 is 15.4 Å². The predicted octanol–water partition coefficient (Wildman–Crippen LogP) is 2.49. The topological polar surface area (TPSA) is 101 Å². The number of aromatic nitrogens is 3. The van der Waals surface area contributed by atoms with Crippen molar-refractivity contribution >= 4 is 11.6 Å². The average molecular weight is 434 g/mol. The number of aliphatic hydroxyl groups excluding tert-OH is 1. The molecule has 1 unspecified atom stereocenters. The molecule has 31 heavy (non-hydrogen) atoms. The van der Waals surface area contributed by atoms with Crippen molar-refractivity contribution in [2.75, 3.05) is 43.4 Å². The molecule has 10 heteroatoms. The van der Waals surface area contributed by atoms with Crippen LogP contribution >= 0.6 is 0 Å². The summed E-state index contributed by atoms with van der Waals surface area (Å²) in [6.45, 7) is 2.83. The third-order valence-corrected chi connectivity index (χ3v) is 5.70. The van der Waals surface area contributed by atoms with E-state index in [9.17, 15) is 8.78 Å². The second kappa shape index (κ2) is 9.27. The summed E-state index contributed by atoms with van der Waals surface area (Å²) in [7, 11) is 0. The minimum Gasteiger partial charge on any atom is -0.431 e. The van der Waals surface area contributed by atoms with E-state index in [0.29, 0.717) is 17.2 Å². The Labute approximate surface area is 180 Å². The lowest BCUT2D eigenvalue weighted by molar-refractivity contribution is -0.0494. The Hall–Kier alpha value is -2.59. The molecule has 2 aromatic rings. The molecule has 4 rings (SSSR count). The number of nitrogens with two attached hydrogens (primary N) is 1. The molecule has 2 aliphatic rings. The van der Waals surface area contributed by atoms with Crippen LogP contribution in [0.5, 0.6) is 5.75 Å². The van der Waals surface area contributed by atoms with Crippen molar-refractivity contribution in [1.82, 2.24) is 19.9 Å². The quantitative estimate of drug-likeness (QED) is 0.654. The molecule has 0 radical (unpaired) electrons. The fourth-order valence-electron chi connectivity index (χ4n) is 3.93. The lowest BCUT2D eigenvalue weighted by atomic mass is 10.1. The maximum absolute atomic E-state index is 12.7. The zero-order valence-corrected chi connectivity index (χ0v) is 17.5. The smallest absolute Gasteiger partial charge is 0.387 e. The van der Waals surface area contributed by atoms with E-state index in [-0.39, 0.29) is 24.2 Å². The highest BCUT2D eigenvalue weighted by molar-refractivity contribution is 5.66. The number of hydrogen-bond acceptors (Lipinski definition) is 8. The lowest BCUT2D eigenvalue weighted by Crippen LogP contribution is -2.52. The number of aliphatic hydroxyl groups is 1. The Bertz CT molecular complexity index is 911. The van der Waals surface area contributed by atoms with Crippen molar-refractivity contribution in [3.63, 3.8) is 0 Å². The van der Waals surface area contributed by atoms with Gasteiger partial charge in [-0.05, 0) is 32.3 Å². The van der Waals surface area contributed by atoms with Gasteiger partial charge < -0.3 is 20.5 Å². The van der Waals surface area contributed by atoms with E-state index in [1.807, 2.05) is 6.07 Å². The number of ether oxygens (including phenoxy) is 1. The molecule has 2 fully saturated rings. The molecule has 2 aromatic heterocycles. The van der Waals surface area contributed by atoms with E-state index in [1.54, 1.807) is 0 Å². The van der Waals surface area contributed by atoms with Crippen LogP contribution in [0.2, 0.25) is 0 Å². The first-order valence-corrected chi connectivity index (χ1v) is 10.6. The first kappa shape index (κ1) is 21.6. The molecule has 1 atom stereocenters. The molecular weight excluding hydrogens is 406 g/mol. The van der Waals surface area contributed by atoms with Crippen molar-refractivity contribution in [3.8, 4) is 17.0 Å². The third kappa shape index (κ3) is 5.19. The number of nitrogen functional groups attached to an aromatic ring is 1. The van der Waals surface area contributed by atoms with Gasteiger partial charge in [0.25, 0.3) is 0 Å². The second-order valence-electron chi connectivity index (χ2n) is 8.15. The number of piperazine rings is 1. The van der Waals surface area contributed by atoms with E-state index >= 15 is 0 Å². The van der Waals surface area contributed by atoms with Crippen LogP contribution in [0, 0.1) is 0 Å². The predicted molar refractivity (Wildman–Crippen MR) is 113 cm³/mol. The Kier molecular flexibility index (Phi) is 6.47. The number of hydrogen-bond donors (Lipinski definition) is 2. The standard InChI is InChI=1S/C21H28F2N6O2/c1-13-12-28(5-2-8-30)6-7-29(13)18-10-16(26-20(27-18)14-3-4-14)15-9-17(31-21(22)23)19(24)25-11-15/h9-11,13-14,21,30H,2-8,12H2,1H3,(H2,24,25). The minimum absolute atomic E-state index is 0.0895. The molecule has 0 spiro atoms. The maximum atomic E-state index is 12.7. The normalized spacial score (nSPS) is 19.8. The fourth-order valence-corrected chi connectivity index (χ4v) is 3.93. The van der Waals surface area contributed by atoms with Gasteiger partial charge in [0.15, 0.2) is 11.6 Å². The number of rotatable bonds is 8. The Morgan fingerprint density at radius 3 is 2.74 bits per heavy atom. The molecule has 3 heterocycles. The van der Waals surface area contributed by atoms with Gasteiger partial charge in [-0.2, -0.15) is 8.78 Å². The molecule has 1 aliphatic heterocycles. The zero-order valence-electron chi connectivity index (χ0n) is 17.5. The molecular formula is C21H28F2N6O2. The number of nitrogens with zero attached hydrogens (tertiary/aromatic N) is 5. The van der Waals surface area contributed by atoms with Gasteiger partial charge in [-0.15, -0.1) is 0 Å². The summed E-state index contributed by atoms with van der Waals surface area (Å²) in [6.07, 6.45) is 4.39. The highest BCUT2D eigenvalue weighted by Gasteiger charge is 2.30. The molecule has 0 amide bonds. The third-order valence-electron chi connectivity index (χ3n) is 5.70. The number of alkyl halides is 2. The maximum Gasteiger partial charge on any atom is 0.387 e.